The van der Waals surface area contributed by atoms with Crippen LogP contribution < -0.4 is 14.1 Å². The normalized spacial score (nSPS) is 21.1. The molecule has 0 heterocycles. The van der Waals surface area contributed by atoms with Crippen LogP contribution in [0, 0.1) is 16.0 Å². The predicted octanol–water partition coefficient (Wildman–Crippen LogP) is 5.26. The molecule has 0 radical (unpaired) electrons. The van der Waals surface area contributed by atoms with Crippen LogP contribution in [0.2, 0.25) is 0 Å². The van der Waals surface area contributed by atoms with Crippen LogP contribution >= 0.6 is 7.75 Å². The van der Waals surface area contributed by atoms with Crippen LogP contribution in [0.3, 0.4) is 0 Å². The van der Waals surface area contributed by atoms with Gasteiger partial charge in [-0.25, -0.2) is 4.57 Å². The Bertz CT molecular complexity index is 960. The van der Waals surface area contributed by atoms with Crippen LogP contribution in [0.15, 0.2) is 54.6 Å². The zero-order valence-corrected chi connectivity index (χ0v) is 18.9. The Morgan fingerprint density at radius 1 is 1.03 bits per heavy atom. The first-order valence-corrected chi connectivity index (χ1v) is 12.1. The highest BCUT2D eigenvalue weighted by Crippen LogP contribution is 2.45. The van der Waals surface area contributed by atoms with E-state index in [-0.39, 0.29) is 23.3 Å². The molecule has 1 saturated carbocycles. The standard InChI is InChI=1S/C22H27N2O7P/c1-16-8-12-19(13-9-16)29-22(25)17(2)23-32(28,30-20-6-4-3-5-7-20)31-21-14-10-18(11-15-21)24(26)27/h3-7,10-11,14-17,19H,8-9,12-13H2,1-2H3,(H,23,28)/t16?,17-,19?,32-/m0/s1. The summed E-state index contributed by atoms with van der Waals surface area (Å²) in [4.78, 5) is 22.9. The molecule has 9 nitrogen and oxygen atoms in total. The predicted molar refractivity (Wildman–Crippen MR) is 119 cm³/mol. The summed E-state index contributed by atoms with van der Waals surface area (Å²) in [5, 5.41) is 13.5. The number of ether oxygens (including phenoxy) is 1. The highest BCUT2D eigenvalue weighted by molar-refractivity contribution is 7.52. The molecule has 2 aromatic rings. The average molecular weight is 462 g/mol. The number of para-hydroxylation sites is 1. The lowest BCUT2D eigenvalue weighted by Crippen LogP contribution is -2.38. The number of non-ortho nitro benzene ring substituents is 1. The van der Waals surface area contributed by atoms with Crippen molar-refractivity contribution < 1.29 is 28.1 Å². The number of benzene rings is 2. The van der Waals surface area contributed by atoms with E-state index in [4.69, 9.17) is 13.8 Å². The molecule has 1 N–H and O–H groups in total. The summed E-state index contributed by atoms with van der Waals surface area (Å²) in [7, 11) is -4.10. The Hall–Kier alpha value is -2.90. The maximum absolute atomic E-state index is 13.5. The van der Waals surface area contributed by atoms with Crippen molar-refractivity contribution in [1.82, 2.24) is 5.09 Å². The molecular weight excluding hydrogens is 435 g/mol. The molecule has 3 rings (SSSR count). The molecular formula is C22H27N2O7P. The first-order chi connectivity index (χ1) is 15.2. The van der Waals surface area contributed by atoms with Crippen molar-refractivity contribution in [3.63, 3.8) is 0 Å². The molecule has 32 heavy (non-hydrogen) atoms. The topological polar surface area (TPSA) is 117 Å². The summed E-state index contributed by atoms with van der Waals surface area (Å²) >= 11 is 0. The van der Waals surface area contributed by atoms with E-state index >= 15 is 0 Å². The minimum Gasteiger partial charge on any atom is -0.461 e. The third-order valence-electron chi connectivity index (χ3n) is 5.19. The van der Waals surface area contributed by atoms with Gasteiger partial charge in [-0.05, 0) is 62.8 Å². The van der Waals surface area contributed by atoms with Crippen molar-refractivity contribution in [3.05, 3.63) is 64.7 Å². The molecule has 2 atom stereocenters. The van der Waals surface area contributed by atoms with Crippen molar-refractivity contribution in [1.29, 1.82) is 0 Å². The third-order valence-corrected chi connectivity index (χ3v) is 6.80. The highest BCUT2D eigenvalue weighted by atomic mass is 31.2. The SMILES string of the molecule is CC1CCC(OC(=O)[C@H](C)N[P@](=O)(Oc2ccccc2)Oc2ccc([N+](=O)[O-])cc2)CC1. The fourth-order valence-corrected chi connectivity index (χ4v) is 4.88. The number of hydrogen-bond donors (Lipinski definition) is 1. The quantitative estimate of drug-likeness (QED) is 0.232. The van der Waals surface area contributed by atoms with Gasteiger partial charge in [0.25, 0.3) is 5.69 Å². The van der Waals surface area contributed by atoms with Gasteiger partial charge in [0, 0.05) is 12.1 Å². The van der Waals surface area contributed by atoms with E-state index in [0.717, 1.165) is 25.7 Å². The number of esters is 1. The van der Waals surface area contributed by atoms with E-state index in [0.29, 0.717) is 5.92 Å². The third kappa shape index (κ3) is 6.80. The number of hydrogen-bond acceptors (Lipinski definition) is 7. The van der Waals surface area contributed by atoms with Crippen molar-refractivity contribution in [2.45, 2.75) is 51.7 Å². The van der Waals surface area contributed by atoms with E-state index < -0.39 is 24.7 Å². The molecule has 0 aliphatic heterocycles. The van der Waals surface area contributed by atoms with Gasteiger partial charge in [0.05, 0.1) is 4.92 Å². The molecule has 1 aliphatic carbocycles. The van der Waals surface area contributed by atoms with E-state index in [2.05, 4.69) is 12.0 Å². The minimum absolute atomic E-state index is 0.0872. The van der Waals surface area contributed by atoms with Crippen LogP contribution in [0.1, 0.15) is 39.5 Å². The summed E-state index contributed by atoms with van der Waals surface area (Å²) in [5.41, 5.74) is -0.136. The van der Waals surface area contributed by atoms with Gasteiger partial charge in [-0.1, -0.05) is 25.1 Å². The molecule has 0 spiro atoms. The van der Waals surface area contributed by atoms with Gasteiger partial charge < -0.3 is 13.8 Å². The number of carbonyl (C=O) groups excluding carboxylic acids is 1. The monoisotopic (exact) mass is 462 g/mol. The second kappa shape index (κ2) is 10.6. The Morgan fingerprint density at radius 3 is 2.16 bits per heavy atom. The summed E-state index contributed by atoms with van der Waals surface area (Å²) in [6.45, 7) is 3.70. The van der Waals surface area contributed by atoms with Crippen molar-refractivity contribution >= 4 is 19.4 Å². The first-order valence-electron chi connectivity index (χ1n) is 10.5. The smallest absolute Gasteiger partial charge is 0.461 e. The number of nitrogens with zero attached hydrogens (tertiary/aromatic N) is 1. The molecule has 0 amide bonds. The Labute approximate surface area is 186 Å². The van der Waals surface area contributed by atoms with Gasteiger partial charge in [0.2, 0.25) is 0 Å². The minimum atomic E-state index is -4.10. The van der Waals surface area contributed by atoms with Crippen molar-refractivity contribution in [3.8, 4) is 11.5 Å². The van der Waals surface area contributed by atoms with E-state index in [9.17, 15) is 19.5 Å². The Kier molecular flexibility index (Phi) is 7.88. The molecule has 0 bridgehead atoms. The zero-order valence-electron chi connectivity index (χ0n) is 18.0. The summed E-state index contributed by atoms with van der Waals surface area (Å²) in [6, 6.07) is 12.5. The van der Waals surface area contributed by atoms with E-state index in [1.54, 1.807) is 30.3 Å². The average Bonchev–Trinajstić information content (AvgIpc) is 2.76. The van der Waals surface area contributed by atoms with Crippen LogP contribution in [0.4, 0.5) is 5.69 Å². The first kappa shape index (κ1) is 23.8. The molecule has 0 aromatic heterocycles. The van der Waals surface area contributed by atoms with Crippen LogP contribution in [-0.4, -0.2) is 23.0 Å². The molecule has 172 valence electrons. The van der Waals surface area contributed by atoms with Gasteiger partial charge in [0.15, 0.2) is 0 Å². The molecule has 0 unspecified atom stereocenters. The second-order valence-electron chi connectivity index (χ2n) is 7.91. The fraction of sp³-hybridized carbons (Fsp3) is 0.409. The van der Waals surface area contributed by atoms with E-state index in [1.807, 2.05) is 0 Å². The van der Waals surface area contributed by atoms with Crippen LogP contribution in [0.25, 0.3) is 0 Å². The Morgan fingerprint density at radius 2 is 1.59 bits per heavy atom. The highest BCUT2D eigenvalue weighted by Gasteiger charge is 2.35. The molecule has 10 heteroatoms. The summed E-state index contributed by atoms with van der Waals surface area (Å²) in [5.74, 6) is 0.431. The van der Waals surface area contributed by atoms with Crippen LogP contribution in [-0.2, 0) is 14.1 Å². The summed E-state index contributed by atoms with van der Waals surface area (Å²) in [6.07, 6.45) is 3.44. The van der Waals surface area contributed by atoms with Crippen molar-refractivity contribution in [2.24, 2.45) is 5.92 Å². The molecule has 1 fully saturated rings. The maximum atomic E-state index is 13.5. The molecule has 2 aromatic carbocycles. The number of nitro benzene ring substituents is 1. The molecule has 1 aliphatic rings. The maximum Gasteiger partial charge on any atom is 0.513 e. The summed E-state index contributed by atoms with van der Waals surface area (Å²) < 4.78 is 30.3. The number of rotatable bonds is 9. The van der Waals surface area contributed by atoms with Gasteiger partial charge >= 0.3 is 13.7 Å². The second-order valence-corrected chi connectivity index (χ2v) is 9.53. The van der Waals surface area contributed by atoms with Gasteiger partial charge in [-0.15, -0.1) is 0 Å². The van der Waals surface area contributed by atoms with Gasteiger partial charge in [-0.2, -0.15) is 5.09 Å². The zero-order chi connectivity index (χ0) is 23.1. The Balaban J connectivity index is 1.71. The van der Waals surface area contributed by atoms with Crippen LogP contribution in [0.5, 0.6) is 11.5 Å². The van der Waals surface area contributed by atoms with Crippen molar-refractivity contribution in [2.75, 3.05) is 0 Å². The van der Waals surface area contributed by atoms with E-state index in [1.165, 1.54) is 31.2 Å². The lowest BCUT2D eigenvalue weighted by Gasteiger charge is -2.28. The number of nitro groups is 1. The van der Waals surface area contributed by atoms with Gasteiger partial charge in [-0.3, -0.25) is 14.9 Å². The number of carbonyl (C=O) groups is 1. The molecule has 0 saturated heterocycles. The lowest BCUT2D eigenvalue weighted by molar-refractivity contribution is -0.384. The largest absolute Gasteiger partial charge is 0.513 e. The van der Waals surface area contributed by atoms with Gasteiger partial charge in [0.1, 0.15) is 23.6 Å². The fourth-order valence-electron chi connectivity index (χ4n) is 3.36. The lowest BCUT2D eigenvalue weighted by atomic mass is 9.89. The number of nitrogens with one attached hydrogen (secondary N) is 1.